The predicted octanol–water partition coefficient (Wildman–Crippen LogP) is 3.09. The number of ether oxygens (including phenoxy) is 2. The predicted molar refractivity (Wildman–Crippen MR) is 110 cm³/mol. The van der Waals surface area contributed by atoms with Gasteiger partial charge in [0.05, 0.1) is 0 Å². The maximum Gasteiger partial charge on any atom is 0.410 e. The van der Waals surface area contributed by atoms with Crippen molar-refractivity contribution in [1.29, 1.82) is 0 Å². The second kappa shape index (κ2) is 8.53. The number of nitrogens with one attached hydrogen (secondary N) is 1. The molecule has 2 heterocycles. The summed E-state index contributed by atoms with van der Waals surface area (Å²) in [5, 5.41) is 2.72. The van der Waals surface area contributed by atoms with Crippen LogP contribution >= 0.6 is 0 Å². The molecular weight excluding hydrogens is 386 g/mol. The molecule has 0 aromatic heterocycles. The molecule has 8 heteroatoms. The minimum atomic E-state index is -1.24. The molecule has 30 heavy (non-hydrogen) atoms. The van der Waals surface area contributed by atoms with Crippen LogP contribution in [0.2, 0.25) is 0 Å². The molecule has 3 N–H and O–H groups in total. The van der Waals surface area contributed by atoms with Crippen LogP contribution in [-0.2, 0) is 20.9 Å². The molecule has 0 saturated carbocycles. The number of fused-ring (bicyclic) bond motifs is 2. The Kier molecular flexibility index (Phi) is 6.24. The first-order valence-corrected chi connectivity index (χ1v) is 10.4. The lowest BCUT2D eigenvalue weighted by atomic mass is 9.73. The summed E-state index contributed by atoms with van der Waals surface area (Å²) in [6.07, 6.45) is 1.81. The molecule has 2 unspecified atom stereocenters. The number of nitrogens with two attached hydrogens (primary N) is 1. The third-order valence-corrected chi connectivity index (χ3v) is 5.66. The lowest BCUT2D eigenvalue weighted by Crippen LogP contribution is -2.69. The van der Waals surface area contributed by atoms with Crippen LogP contribution in [0.15, 0.2) is 30.3 Å². The summed E-state index contributed by atoms with van der Waals surface area (Å²) in [5.74, 6) is -0.609. The Labute approximate surface area is 177 Å². The van der Waals surface area contributed by atoms with Crippen LogP contribution in [0.5, 0.6) is 0 Å². The van der Waals surface area contributed by atoms with E-state index in [1.807, 2.05) is 30.3 Å². The van der Waals surface area contributed by atoms with Gasteiger partial charge in [-0.1, -0.05) is 30.3 Å². The van der Waals surface area contributed by atoms with Gasteiger partial charge in [0.25, 0.3) is 0 Å². The Morgan fingerprint density at radius 2 is 1.73 bits per heavy atom. The van der Waals surface area contributed by atoms with Gasteiger partial charge in [-0.2, -0.15) is 0 Å². The maximum atomic E-state index is 12.9. The average molecular weight is 418 g/mol. The van der Waals surface area contributed by atoms with E-state index in [1.54, 1.807) is 25.7 Å². The molecule has 164 valence electrons. The van der Waals surface area contributed by atoms with E-state index in [0.717, 1.165) is 24.8 Å². The second-order valence-corrected chi connectivity index (χ2v) is 9.17. The van der Waals surface area contributed by atoms with Gasteiger partial charge < -0.3 is 25.4 Å². The van der Waals surface area contributed by atoms with Gasteiger partial charge in [-0.3, -0.25) is 4.79 Å². The smallest absolute Gasteiger partial charge is 0.410 e. The van der Waals surface area contributed by atoms with Crippen LogP contribution in [0.1, 0.15) is 58.4 Å². The molecule has 1 aromatic rings. The molecule has 8 nitrogen and oxygen atoms in total. The number of piperidine rings is 2. The average Bonchev–Trinajstić information content (AvgIpc) is 2.64. The molecule has 3 rings (SSSR count). The summed E-state index contributed by atoms with van der Waals surface area (Å²) in [7, 11) is 0. The number of benzene rings is 1. The first-order valence-electron chi connectivity index (χ1n) is 10.4. The highest BCUT2D eigenvalue weighted by Gasteiger charge is 2.52. The molecule has 2 bridgehead atoms. The summed E-state index contributed by atoms with van der Waals surface area (Å²) in [4.78, 5) is 39.4. The minimum Gasteiger partial charge on any atom is -0.445 e. The minimum absolute atomic E-state index is 0.187. The molecule has 2 aliphatic heterocycles. The van der Waals surface area contributed by atoms with Crippen LogP contribution in [0.3, 0.4) is 0 Å². The van der Waals surface area contributed by atoms with Gasteiger partial charge in [0.1, 0.15) is 17.7 Å². The van der Waals surface area contributed by atoms with Crippen molar-refractivity contribution in [2.24, 2.45) is 5.73 Å². The second-order valence-electron chi connectivity index (χ2n) is 9.17. The van der Waals surface area contributed by atoms with Crippen molar-refractivity contribution < 1.29 is 23.9 Å². The van der Waals surface area contributed by atoms with E-state index >= 15 is 0 Å². The molecule has 0 spiro atoms. The van der Waals surface area contributed by atoms with Crippen molar-refractivity contribution in [2.45, 2.75) is 82.7 Å². The SMILES string of the molecule is CC(C)(C)OC(=O)NC1(C(N)=O)CC2CCCC(C1)N2C(=O)OCc1ccccc1. The van der Waals surface area contributed by atoms with E-state index in [0.29, 0.717) is 0 Å². The number of carbonyl (C=O) groups excluding carboxylic acids is 3. The van der Waals surface area contributed by atoms with Gasteiger partial charge in [0, 0.05) is 24.9 Å². The van der Waals surface area contributed by atoms with E-state index < -0.39 is 29.2 Å². The monoisotopic (exact) mass is 417 g/mol. The molecular formula is C22H31N3O5. The Hall–Kier alpha value is -2.77. The number of alkyl carbamates (subject to hydrolysis) is 1. The number of hydrogen-bond acceptors (Lipinski definition) is 5. The topological polar surface area (TPSA) is 111 Å². The summed E-state index contributed by atoms with van der Waals surface area (Å²) in [5.41, 5.74) is 4.70. The van der Waals surface area contributed by atoms with E-state index in [-0.39, 0.29) is 31.5 Å². The number of nitrogens with zero attached hydrogens (tertiary/aromatic N) is 1. The fourth-order valence-corrected chi connectivity index (χ4v) is 4.41. The van der Waals surface area contributed by atoms with Crippen molar-refractivity contribution in [3.8, 4) is 0 Å². The van der Waals surface area contributed by atoms with Crippen molar-refractivity contribution in [3.63, 3.8) is 0 Å². The zero-order valence-electron chi connectivity index (χ0n) is 17.8. The molecule has 2 aliphatic rings. The van der Waals surface area contributed by atoms with Crippen molar-refractivity contribution >= 4 is 18.1 Å². The van der Waals surface area contributed by atoms with Crippen LogP contribution in [0.25, 0.3) is 0 Å². The van der Waals surface area contributed by atoms with Crippen molar-refractivity contribution in [1.82, 2.24) is 10.2 Å². The summed E-state index contributed by atoms with van der Waals surface area (Å²) in [6.45, 7) is 5.45. The number of carbonyl (C=O) groups is 3. The largest absolute Gasteiger partial charge is 0.445 e. The van der Waals surface area contributed by atoms with Gasteiger partial charge >= 0.3 is 12.2 Å². The number of hydrogen-bond donors (Lipinski definition) is 2. The van der Waals surface area contributed by atoms with Gasteiger partial charge in [0.15, 0.2) is 0 Å². The lowest BCUT2D eigenvalue weighted by Gasteiger charge is -2.51. The molecule has 2 atom stereocenters. The van der Waals surface area contributed by atoms with Crippen molar-refractivity contribution in [2.75, 3.05) is 0 Å². The van der Waals surface area contributed by atoms with E-state index in [2.05, 4.69) is 5.32 Å². The Morgan fingerprint density at radius 1 is 1.13 bits per heavy atom. The zero-order valence-corrected chi connectivity index (χ0v) is 17.8. The van der Waals surface area contributed by atoms with Gasteiger partial charge in [-0.15, -0.1) is 0 Å². The molecule has 2 fully saturated rings. The normalized spacial score (nSPS) is 25.9. The Balaban J connectivity index is 1.71. The summed E-state index contributed by atoms with van der Waals surface area (Å²) in [6, 6.07) is 9.01. The molecule has 1 aromatic carbocycles. The number of primary amides is 1. The van der Waals surface area contributed by atoms with Crippen LogP contribution in [-0.4, -0.2) is 46.2 Å². The van der Waals surface area contributed by atoms with Gasteiger partial charge in [0.2, 0.25) is 5.91 Å². The standard InChI is InChI=1S/C22H31N3O5/c1-21(2,3)30-19(27)24-22(18(23)26)12-16-10-7-11-17(13-22)25(16)20(28)29-14-15-8-5-4-6-9-15/h4-6,8-9,16-17H,7,10-14H2,1-3H3,(H2,23,26)(H,24,27). The van der Waals surface area contributed by atoms with E-state index in [4.69, 9.17) is 15.2 Å². The first kappa shape index (κ1) is 21.9. The maximum absolute atomic E-state index is 12.9. The zero-order chi connectivity index (χ0) is 21.9. The lowest BCUT2D eigenvalue weighted by molar-refractivity contribution is -0.129. The van der Waals surface area contributed by atoms with Crippen molar-refractivity contribution in [3.05, 3.63) is 35.9 Å². The van der Waals surface area contributed by atoms with Crippen LogP contribution < -0.4 is 11.1 Å². The molecule has 2 saturated heterocycles. The first-order chi connectivity index (χ1) is 14.1. The van der Waals surface area contributed by atoms with Crippen LogP contribution in [0, 0.1) is 0 Å². The highest BCUT2D eigenvalue weighted by atomic mass is 16.6. The van der Waals surface area contributed by atoms with Crippen LogP contribution in [0.4, 0.5) is 9.59 Å². The highest BCUT2D eigenvalue weighted by molar-refractivity contribution is 5.89. The van der Waals surface area contributed by atoms with E-state index in [9.17, 15) is 14.4 Å². The fourth-order valence-electron chi connectivity index (χ4n) is 4.41. The summed E-state index contributed by atoms with van der Waals surface area (Å²) >= 11 is 0. The number of amides is 3. The third kappa shape index (κ3) is 5.04. The Morgan fingerprint density at radius 3 is 2.27 bits per heavy atom. The third-order valence-electron chi connectivity index (χ3n) is 5.66. The molecule has 0 radical (unpaired) electrons. The number of rotatable bonds is 4. The molecule has 0 aliphatic carbocycles. The highest BCUT2D eigenvalue weighted by Crippen LogP contribution is 2.40. The quantitative estimate of drug-likeness (QED) is 0.782. The fraction of sp³-hybridized carbons (Fsp3) is 0.591. The van der Waals surface area contributed by atoms with Gasteiger partial charge in [-0.25, -0.2) is 9.59 Å². The summed E-state index contributed by atoms with van der Waals surface area (Å²) < 4.78 is 10.9. The molecule has 3 amide bonds. The Bertz CT molecular complexity index is 776. The van der Waals surface area contributed by atoms with E-state index in [1.165, 1.54) is 0 Å². The van der Waals surface area contributed by atoms with Gasteiger partial charge in [-0.05, 0) is 45.6 Å².